The van der Waals surface area contributed by atoms with Crippen molar-refractivity contribution in [3.63, 3.8) is 0 Å². The summed E-state index contributed by atoms with van der Waals surface area (Å²) in [5.41, 5.74) is 3.65. The van der Waals surface area contributed by atoms with E-state index in [0.29, 0.717) is 17.0 Å². The fourth-order valence-electron chi connectivity index (χ4n) is 5.67. The molecule has 0 bridgehead atoms. The van der Waals surface area contributed by atoms with E-state index in [1.807, 2.05) is 18.2 Å². The first kappa shape index (κ1) is 20.9. The van der Waals surface area contributed by atoms with Crippen molar-refractivity contribution in [2.24, 2.45) is 13.0 Å². The maximum Gasteiger partial charge on any atom is 0.334 e. The number of nitrogens with zero attached hydrogens (tertiary/aromatic N) is 2. The Hall–Kier alpha value is -2.64. The number of aromatic amines is 1. The summed E-state index contributed by atoms with van der Waals surface area (Å²) in [4.78, 5) is 31.8. The minimum Gasteiger partial charge on any atom is -0.381 e. The molecule has 0 amide bonds. The smallest absolute Gasteiger partial charge is 0.334 e. The van der Waals surface area contributed by atoms with E-state index >= 15 is 0 Å². The van der Waals surface area contributed by atoms with Crippen LogP contribution in [-0.4, -0.2) is 27.3 Å². The molecule has 6 rings (SSSR count). The molecule has 7 heteroatoms. The summed E-state index contributed by atoms with van der Waals surface area (Å²) in [6.45, 7) is 1.66. The lowest BCUT2D eigenvalue weighted by atomic mass is 9.92. The summed E-state index contributed by atoms with van der Waals surface area (Å²) < 4.78 is 9.01. The van der Waals surface area contributed by atoms with Gasteiger partial charge in [-0.2, -0.15) is 0 Å². The van der Waals surface area contributed by atoms with Crippen LogP contribution in [0.5, 0.6) is 0 Å². The first-order valence-electron chi connectivity index (χ1n) is 12.1. The van der Waals surface area contributed by atoms with E-state index < -0.39 is 0 Å². The highest BCUT2D eigenvalue weighted by atomic mass is 32.1. The lowest BCUT2D eigenvalue weighted by Crippen LogP contribution is -2.33. The Kier molecular flexibility index (Phi) is 5.26. The molecule has 1 aliphatic heterocycles. The van der Waals surface area contributed by atoms with Crippen LogP contribution < -0.4 is 11.2 Å². The van der Waals surface area contributed by atoms with Gasteiger partial charge >= 0.3 is 5.69 Å². The van der Waals surface area contributed by atoms with Crippen molar-refractivity contribution in [3.05, 3.63) is 61.2 Å². The Morgan fingerprint density at radius 1 is 1.12 bits per heavy atom. The molecule has 0 radical (unpaired) electrons. The van der Waals surface area contributed by atoms with E-state index in [2.05, 4.69) is 22.8 Å². The number of ether oxygens (including phenoxy) is 1. The quantitative estimate of drug-likeness (QED) is 0.456. The Morgan fingerprint density at radius 3 is 2.79 bits per heavy atom. The van der Waals surface area contributed by atoms with Crippen LogP contribution in [0, 0.1) is 5.92 Å². The Balaban J connectivity index is 1.49. The molecule has 2 aliphatic rings. The molecule has 4 aromatic rings. The first-order chi connectivity index (χ1) is 16.1. The number of thiophene rings is 1. The van der Waals surface area contributed by atoms with Gasteiger partial charge in [0.1, 0.15) is 4.83 Å². The van der Waals surface area contributed by atoms with Crippen molar-refractivity contribution in [2.75, 3.05) is 13.2 Å². The second-order valence-corrected chi connectivity index (χ2v) is 10.7. The van der Waals surface area contributed by atoms with Gasteiger partial charge in [-0.3, -0.25) is 9.78 Å². The monoisotopic (exact) mass is 463 g/mol. The molecule has 1 aliphatic carbocycles. The molecule has 0 unspecified atom stereocenters. The SMILES string of the molecule is Cn1cc(CC2CCOCC2)c2cc(-n3c(=O)[nH]c4sc5c(c4c3=O)CCCCC5)ccc21. The maximum absolute atomic E-state index is 13.7. The Bertz CT molecular complexity index is 1470. The van der Waals surface area contributed by atoms with E-state index in [1.165, 1.54) is 21.4 Å². The number of H-pyrrole nitrogens is 1. The summed E-state index contributed by atoms with van der Waals surface area (Å²) in [5, 5.41) is 1.84. The Labute approximate surface area is 195 Å². The van der Waals surface area contributed by atoms with Crippen LogP contribution in [0.4, 0.5) is 0 Å². The molecule has 33 heavy (non-hydrogen) atoms. The zero-order chi connectivity index (χ0) is 22.5. The lowest BCUT2D eigenvalue weighted by molar-refractivity contribution is 0.0666. The van der Waals surface area contributed by atoms with Gasteiger partial charge in [-0.05, 0) is 80.2 Å². The summed E-state index contributed by atoms with van der Waals surface area (Å²) in [6, 6.07) is 5.95. The first-order valence-corrected chi connectivity index (χ1v) is 12.9. The number of rotatable bonds is 3. The molecule has 1 fully saturated rings. The molecule has 4 heterocycles. The summed E-state index contributed by atoms with van der Waals surface area (Å²) >= 11 is 1.59. The number of aryl methyl sites for hydroxylation is 3. The van der Waals surface area contributed by atoms with Gasteiger partial charge in [-0.1, -0.05) is 6.42 Å². The second-order valence-electron chi connectivity index (χ2n) is 9.57. The third-order valence-corrected chi connectivity index (χ3v) is 8.63. The van der Waals surface area contributed by atoms with Gasteiger partial charge in [0.05, 0.1) is 11.1 Å². The van der Waals surface area contributed by atoms with Gasteiger partial charge in [-0.25, -0.2) is 9.36 Å². The number of hydrogen-bond acceptors (Lipinski definition) is 4. The molecule has 1 N–H and O–H groups in total. The van der Waals surface area contributed by atoms with Crippen molar-refractivity contribution in [1.82, 2.24) is 14.1 Å². The molecule has 6 nitrogen and oxygen atoms in total. The van der Waals surface area contributed by atoms with Gasteiger partial charge in [0.25, 0.3) is 5.56 Å². The van der Waals surface area contributed by atoms with Crippen molar-refractivity contribution in [1.29, 1.82) is 0 Å². The van der Waals surface area contributed by atoms with Gasteiger partial charge in [0.15, 0.2) is 0 Å². The van der Waals surface area contributed by atoms with Crippen molar-refractivity contribution in [2.45, 2.75) is 51.4 Å². The van der Waals surface area contributed by atoms with E-state index in [4.69, 9.17) is 4.74 Å². The molecule has 172 valence electrons. The zero-order valence-electron chi connectivity index (χ0n) is 19.0. The maximum atomic E-state index is 13.7. The van der Waals surface area contributed by atoms with E-state index in [0.717, 1.165) is 79.5 Å². The average molecular weight is 464 g/mol. The topological polar surface area (TPSA) is 69.0 Å². The molecular weight excluding hydrogens is 434 g/mol. The van der Waals surface area contributed by atoms with E-state index in [1.54, 1.807) is 11.3 Å². The van der Waals surface area contributed by atoms with E-state index in [-0.39, 0.29) is 11.2 Å². The number of hydrogen-bond donors (Lipinski definition) is 1. The molecule has 0 saturated carbocycles. The largest absolute Gasteiger partial charge is 0.381 e. The van der Waals surface area contributed by atoms with Crippen LogP contribution in [0.3, 0.4) is 0 Å². The predicted octanol–water partition coefficient (Wildman–Crippen LogP) is 4.47. The van der Waals surface area contributed by atoms with Crippen LogP contribution in [0.1, 0.15) is 48.1 Å². The fraction of sp³-hybridized carbons (Fsp3) is 0.462. The Morgan fingerprint density at radius 2 is 1.94 bits per heavy atom. The standard InChI is InChI=1S/C26H29N3O3S/c1-28-15-17(13-16-9-11-32-12-10-16)20-14-18(7-8-21(20)28)29-25(30)23-19-5-3-2-4-6-22(19)33-24(23)27-26(29)31/h7-8,14-16H,2-6,9-13H2,1H3,(H,27,31). The van der Waals surface area contributed by atoms with Crippen LogP contribution in [0.15, 0.2) is 34.0 Å². The normalized spacial score (nSPS) is 17.5. The molecule has 1 aromatic carbocycles. The summed E-state index contributed by atoms with van der Waals surface area (Å²) in [6.07, 6.45) is 10.7. The van der Waals surface area contributed by atoms with Crippen LogP contribution >= 0.6 is 11.3 Å². The van der Waals surface area contributed by atoms with Gasteiger partial charge in [0, 0.05) is 42.2 Å². The highest BCUT2D eigenvalue weighted by Gasteiger charge is 2.22. The van der Waals surface area contributed by atoms with Crippen molar-refractivity contribution in [3.8, 4) is 5.69 Å². The van der Waals surface area contributed by atoms with Crippen LogP contribution in [0.25, 0.3) is 26.8 Å². The summed E-state index contributed by atoms with van der Waals surface area (Å²) in [5.74, 6) is 0.608. The molecule has 3 aromatic heterocycles. The molecular formula is C26H29N3O3S. The zero-order valence-corrected chi connectivity index (χ0v) is 19.8. The van der Waals surface area contributed by atoms with E-state index in [9.17, 15) is 9.59 Å². The van der Waals surface area contributed by atoms with Gasteiger partial charge < -0.3 is 9.30 Å². The number of aromatic nitrogens is 3. The van der Waals surface area contributed by atoms with Crippen molar-refractivity contribution >= 4 is 32.5 Å². The van der Waals surface area contributed by atoms with Crippen LogP contribution in [0.2, 0.25) is 0 Å². The third-order valence-electron chi connectivity index (χ3n) is 7.43. The highest BCUT2D eigenvalue weighted by molar-refractivity contribution is 7.18. The molecule has 0 atom stereocenters. The van der Waals surface area contributed by atoms with Crippen molar-refractivity contribution < 1.29 is 4.74 Å². The molecule has 1 saturated heterocycles. The number of fused-ring (bicyclic) bond motifs is 4. The minimum absolute atomic E-state index is 0.186. The summed E-state index contributed by atoms with van der Waals surface area (Å²) in [7, 11) is 2.06. The van der Waals surface area contributed by atoms with Gasteiger partial charge in [-0.15, -0.1) is 11.3 Å². The highest BCUT2D eigenvalue weighted by Crippen LogP contribution is 2.33. The van der Waals surface area contributed by atoms with Gasteiger partial charge in [0.2, 0.25) is 0 Å². The minimum atomic E-state index is -0.356. The third kappa shape index (κ3) is 3.58. The van der Waals surface area contributed by atoms with Crippen LogP contribution in [-0.2, 0) is 31.0 Å². The number of benzene rings is 1. The second kappa shape index (κ2) is 8.29. The predicted molar refractivity (Wildman–Crippen MR) is 133 cm³/mol. The lowest BCUT2D eigenvalue weighted by Gasteiger charge is -2.21. The average Bonchev–Trinajstić information content (AvgIpc) is 3.21. The fourth-order valence-corrected chi connectivity index (χ4v) is 6.94. The number of nitrogens with one attached hydrogen (secondary N) is 1. The molecule has 0 spiro atoms.